The molecule has 3 aromatic carbocycles. The Hall–Kier alpha value is -3.91. The predicted molar refractivity (Wildman–Crippen MR) is 112 cm³/mol. The Balaban J connectivity index is 1.51. The van der Waals surface area contributed by atoms with Crippen LogP contribution in [0, 0.1) is 12.3 Å². The van der Waals surface area contributed by atoms with E-state index >= 15 is 0 Å². The minimum absolute atomic E-state index is 0.138. The van der Waals surface area contributed by atoms with Crippen LogP contribution >= 0.6 is 0 Å². The molecule has 0 heterocycles. The first-order valence-corrected chi connectivity index (χ1v) is 9.09. The lowest BCUT2D eigenvalue weighted by molar-refractivity contribution is -0.118. The highest BCUT2D eigenvalue weighted by Crippen LogP contribution is 2.27. The number of hydrogen-bond acceptors (Lipinski definition) is 4. The summed E-state index contributed by atoms with van der Waals surface area (Å²) < 4.78 is 16.8. The van der Waals surface area contributed by atoms with Crippen molar-refractivity contribution in [2.24, 2.45) is 0 Å². The number of carbonyl (C=O) groups is 1. The molecule has 0 aromatic heterocycles. The van der Waals surface area contributed by atoms with Gasteiger partial charge < -0.3 is 19.5 Å². The van der Waals surface area contributed by atoms with E-state index in [9.17, 15) is 4.79 Å². The van der Waals surface area contributed by atoms with Crippen LogP contribution in [0.15, 0.2) is 78.9 Å². The summed E-state index contributed by atoms with van der Waals surface area (Å²) in [6.45, 7) is 0.480. The van der Waals surface area contributed by atoms with Crippen molar-refractivity contribution in [1.82, 2.24) is 0 Å². The second-order valence-corrected chi connectivity index (χ2v) is 6.08. The zero-order chi connectivity index (χ0) is 20.3. The minimum Gasteiger partial charge on any atom is -0.485 e. The summed E-state index contributed by atoms with van der Waals surface area (Å²) in [6.07, 6.45) is 5.16. The lowest BCUT2D eigenvalue weighted by Gasteiger charge is -2.13. The van der Waals surface area contributed by atoms with Crippen LogP contribution in [-0.2, 0) is 11.4 Å². The number of para-hydroxylation sites is 2. The molecule has 3 rings (SSSR count). The Kier molecular flexibility index (Phi) is 7.14. The molecule has 0 aliphatic heterocycles. The number of terminal acetylenes is 1. The zero-order valence-corrected chi connectivity index (χ0v) is 15.8. The molecule has 0 fully saturated rings. The molecule has 5 heteroatoms. The topological polar surface area (TPSA) is 56.8 Å². The Bertz CT molecular complexity index is 962. The third-order valence-electron chi connectivity index (χ3n) is 3.91. The average Bonchev–Trinajstić information content (AvgIpc) is 2.77. The predicted octanol–water partition coefficient (Wildman–Crippen LogP) is 4.30. The molecule has 29 heavy (non-hydrogen) atoms. The fraction of sp³-hybridized carbons (Fsp3) is 0.125. The first-order chi connectivity index (χ1) is 14.2. The van der Waals surface area contributed by atoms with Gasteiger partial charge in [0.1, 0.15) is 19.0 Å². The summed E-state index contributed by atoms with van der Waals surface area (Å²) in [5, 5.41) is 2.77. The van der Waals surface area contributed by atoms with Crippen LogP contribution in [0.1, 0.15) is 5.56 Å². The van der Waals surface area contributed by atoms with E-state index < -0.39 is 0 Å². The van der Waals surface area contributed by atoms with Crippen LogP contribution in [0.4, 0.5) is 5.69 Å². The summed E-state index contributed by atoms with van der Waals surface area (Å²) in [7, 11) is 0. The summed E-state index contributed by atoms with van der Waals surface area (Å²) in [5.74, 6) is 3.86. The molecule has 0 saturated carbocycles. The molecule has 146 valence electrons. The maximum absolute atomic E-state index is 12.2. The lowest BCUT2D eigenvalue weighted by atomic mass is 10.2. The fourth-order valence-electron chi connectivity index (χ4n) is 2.52. The van der Waals surface area contributed by atoms with Gasteiger partial charge in [-0.1, -0.05) is 48.4 Å². The molecule has 0 aliphatic carbocycles. The highest BCUT2D eigenvalue weighted by atomic mass is 16.5. The van der Waals surface area contributed by atoms with Gasteiger partial charge in [0.2, 0.25) is 0 Å². The summed E-state index contributed by atoms with van der Waals surface area (Å²) >= 11 is 0. The number of ether oxygens (including phenoxy) is 3. The fourth-order valence-corrected chi connectivity index (χ4v) is 2.52. The monoisotopic (exact) mass is 387 g/mol. The van der Waals surface area contributed by atoms with Gasteiger partial charge in [-0.05, 0) is 42.0 Å². The van der Waals surface area contributed by atoms with Crippen LogP contribution in [0.2, 0.25) is 0 Å². The molecule has 0 aliphatic rings. The molecule has 0 atom stereocenters. The van der Waals surface area contributed by atoms with Crippen LogP contribution in [0.25, 0.3) is 0 Å². The number of amides is 1. The van der Waals surface area contributed by atoms with Gasteiger partial charge >= 0.3 is 0 Å². The number of carbonyl (C=O) groups excluding carboxylic acids is 1. The molecule has 0 spiro atoms. The van der Waals surface area contributed by atoms with Gasteiger partial charge in [-0.15, -0.1) is 6.42 Å². The third kappa shape index (κ3) is 6.33. The molecule has 0 radical (unpaired) electrons. The quantitative estimate of drug-likeness (QED) is 0.557. The van der Waals surface area contributed by atoms with Crippen molar-refractivity contribution in [3.05, 3.63) is 84.4 Å². The number of rotatable bonds is 9. The van der Waals surface area contributed by atoms with Crippen molar-refractivity contribution in [2.75, 3.05) is 18.5 Å². The van der Waals surface area contributed by atoms with E-state index in [0.29, 0.717) is 29.5 Å². The maximum atomic E-state index is 12.2. The van der Waals surface area contributed by atoms with E-state index in [4.69, 9.17) is 20.6 Å². The van der Waals surface area contributed by atoms with E-state index in [1.807, 2.05) is 48.5 Å². The smallest absolute Gasteiger partial charge is 0.262 e. The SMILES string of the molecule is C#CCOc1ccc(NC(=O)COc2ccccc2OCc2ccccc2)cc1. The van der Waals surface area contributed by atoms with E-state index in [2.05, 4.69) is 11.2 Å². The van der Waals surface area contributed by atoms with Crippen molar-refractivity contribution >= 4 is 11.6 Å². The second kappa shape index (κ2) is 10.4. The Morgan fingerprint density at radius 2 is 1.48 bits per heavy atom. The van der Waals surface area contributed by atoms with Gasteiger partial charge in [0.05, 0.1) is 0 Å². The molecule has 0 bridgehead atoms. The highest BCUT2D eigenvalue weighted by molar-refractivity contribution is 5.91. The third-order valence-corrected chi connectivity index (χ3v) is 3.91. The average molecular weight is 387 g/mol. The number of anilines is 1. The molecular weight excluding hydrogens is 366 g/mol. The van der Waals surface area contributed by atoms with Crippen molar-refractivity contribution in [3.8, 4) is 29.6 Å². The summed E-state index contributed by atoms with van der Waals surface area (Å²) in [5.41, 5.74) is 1.69. The molecule has 3 aromatic rings. The summed E-state index contributed by atoms with van der Waals surface area (Å²) in [4.78, 5) is 12.2. The summed E-state index contributed by atoms with van der Waals surface area (Å²) in [6, 6.07) is 24.1. The van der Waals surface area contributed by atoms with Gasteiger partial charge in [-0.25, -0.2) is 0 Å². The number of hydrogen-bond donors (Lipinski definition) is 1. The van der Waals surface area contributed by atoms with E-state index in [-0.39, 0.29) is 19.1 Å². The molecule has 1 N–H and O–H groups in total. The normalized spacial score (nSPS) is 9.90. The van der Waals surface area contributed by atoms with Gasteiger partial charge in [-0.2, -0.15) is 0 Å². The van der Waals surface area contributed by atoms with Gasteiger partial charge in [0.15, 0.2) is 18.1 Å². The van der Waals surface area contributed by atoms with Crippen molar-refractivity contribution in [1.29, 1.82) is 0 Å². The number of benzene rings is 3. The lowest BCUT2D eigenvalue weighted by Crippen LogP contribution is -2.20. The molecule has 0 unspecified atom stereocenters. The van der Waals surface area contributed by atoms with Gasteiger partial charge in [-0.3, -0.25) is 4.79 Å². The van der Waals surface area contributed by atoms with Crippen molar-refractivity contribution in [2.45, 2.75) is 6.61 Å². The standard InChI is InChI=1S/C24H21NO4/c1-2-16-27-21-14-12-20(13-15-21)25-24(26)18-29-23-11-7-6-10-22(23)28-17-19-8-4-3-5-9-19/h1,3-15H,16-18H2,(H,25,26). The Morgan fingerprint density at radius 3 is 2.17 bits per heavy atom. The van der Waals surface area contributed by atoms with Crippen LogP contribution < -0.4 is 19.5 Å². The zero-order valence-electron chi connectivity index (χ0n) is 15.8. The van der Waals surface area contributed by atoms with E-state index in [1.54, 1.807) is 30.3 Å². The van der Waals surface area contributed by atoms with Crippen molar-refractivity contribution in [3.63, 3.8) is 0 Å². The van der Waals surface area contributed by atoms with Gasteiger partial charge in [0.25, 0.3) is 5.91 Å². The second-order valence-electron chi connectivity index (χ2n) is 6.08. The molecular formula is C24H21NO4. The molecule has 1 amide bonds. The minimum atomic E-state index is -0.278. The van der Waals surface area contributed by atoms with Gasteiger partial charge in [0, 0.05) is 5.69 Å². The first-order valence-electron chi connectivity index (χ1n) is 9.09. The van der Waals surface area contributed by atoms with Crippen LogP contribution in [0.5, 0.6) is 17.2 Å². The largest absolute Gasteiger partial charge is 0.485 e. The maximum Gasteiger partial charge on any atom is 0.262 e. The molecule has 0 saturated heterocycles. The Morgan fingerprint density at radius 1 is 0.828 bits per heavy atom. The van der Waals surface area contributed by atoms with E-state index in [0.717, 1.165) is 5.56 Å². The molecule has 5 nitrogen and oxygen atoms in total. The van der Waals surface area contributed by atoms with Crippen LogP contribution in [-0.4, -0.2) is 19.1 Å². The Labute approximate surface area is 170 Å². The highest BCUT2D eigenvalue weighted by Gasteiger charge is 2.08. The van der Waals surface area contributed by atoms with Crippen molar-refractivity contribution < 1.29 is 19.0 Å². The van der Waals surface area contributed by atoms with Crippen LogP contribution in [0.3, 0.4) is 0 Å². The number of nitrogens with one attached hydrogen (secondary N) is 1. The first kappa shape index (κ1) is 19.8. The van der Waals surface area contributed by atoms with E-state index in [1.165, 1.54) is 0 Å².